The van der Waals surface area contributed by atoms with E-state index in [0.29, 0.717) is 39.2 Å². The molecule has 0 unspecified atom stereocenters. The molecule has 0 saturated carbocycles. The van der Waals surface area contributed by atoms with E-state index in [0.717, 1.165) is 15.3 Å². The number of thiazole rings is 1. The third-order valence-electron chi connectivity index (χ3n) is 6.62. The molecule has 0 fully saturated rings. The van der Waals surface area contributed by atoms with Crippen LogP contribution in [0.1, 0.15) is 50.2 Å². The first-order chi connectivity index (χ1) is 19.4. The molecule has 40 heavy (non-hydrogen) atoms. The molecule has 1 atom stereocenters. The minimum absolute atomic E-state index is 0.209. The van der Waals surface area contributed by atoms with E-state index in [9.17, 15) is 9.59 Å². The number of para-hydroxylation sites is 1. The molecular weight excluding hydrogens is 520 g/mol. The van der Waals surface area contributed by atoms with Crippen molar-refractivity contribution in [2.75, 3.05) is 0 Å². The summed E-state index contributed by atoms with van der Waals surface area (Å²) in [7, 11) is 0. The standard InChI is InChI=1S/C31H24N6O2S/c1-19(34-30(38)27-20(2)35-36-16-8-15-32-29(27)36)26-17-23-10-7-9-22(13-14-25-18-33-21(3)40-25)28(23)31(39)37(26)24-11-5-4-6-12-24/h4-12,15-19H,1-3H3,(H,34,38)/t19-/m0/s1. The van der Waals surface area contributed by atoms with Crippen molar-refractivity contribution < 1.29 is 4.79 Å². The van der Waals surface area contributed by atoms with Crippen LogP contribution in [0.4, 0.5) is 0 Å². The summed E-state index contributed by atoms with van der Waals surface area (Å²) in [4.78, 5) is 37.1. The van der Waals surface area contributed by atoms with Crippen LogP contribution in [0.3, 0.4) is 0 Å². The summed E-state index contributed by atoms with van der Waals surface area (Å²) in [5, 5.41) is 9.68. The number of rotatable bonds is 4. The SMILES string of the molecule is Cc1ncc(C#Cc2cccc3cc([C@H](C)NC(=O)c4c(C)nn5cccnc45)n(-c4ccccc4)c(=O)c23)s1. The summed E-state index contributed by atoms with van der Waals surface area (Å²) in [6.45, 7) is 5.57. The molecule has 0 aliphatic rings. The number of carbonyl (C=O) groups excluding carboxylic acids is 1. The Morgan fingerprint density at radius 2 is 1.85 bits per heavy atom. The van der Waals surface area contributed by atoms with E-state index in [2.05, 4.69) is 32.2 Å². The Balaban J connectivity index is 1.48. The lowest BCUT2D eigenvalue weighted by molar-refractivity contribution is 0.0939. The molecule has 6 aromatic rings. The first kappa shape index (κ1) is 25.2. The Hall–Kier alpha value is -5.07. The second-order valence-electron chi connectivity index (χ2n) is 9.35. The predicted octanol–water partition coefficient (Wildman–Crippen LogP) is 5.00. The molecule has 1 N–H and O–H groups in total. The van der Waals surface area contributed by atoms with Gasteiger partial charge in [-0.1, -0.05) is 36.3 Å². The van der Waals surface area contributed by atoms with Gasteiger partial charge in [-0.2, -0.15) is 5.10 Å². The van der Waals surface area contributed by atoms with Crippen molar-refractivity contribution in [2.45, 2.75) is 26.8 Å². The van der Waals surface area contributed by atoms with Crippen LogP contribution in [0, 0.1) is 25.7 Å². The molecule has 196 valence electrons. The van der Waals surface area contributed by atoms with Crippen molar-refractivity contribution in [3.05, 3.63) is 122 Å². The third-order valence-corrected chi connectivity index (χ3v) is 7.45. The molecule has 6 rings (SSSR count). The second kappa shape index (κ2) is 10.2. The second-order valence-corrected chi connectivity index (χ2v) is 10.6. The number of fused-ring (bicyclic) bond motifs is 2. The van der Waals surface area contributed by atoms with Crippen molar-refractivity contribution in [1.29, 1.82) is 0 Å². The molecule has 4 aromatic heterocycles. The van der Waals surface area contributed by atoms with Crippen LogP contribution in [0.25, 0.3) is 22.1 Å². The number of nitrogens with one attached hydrogen (secondary N) is 1. The minimum Gasteiger partial charge on any atom is -0.344 e. The summed E-state index contributed by atoms with van der Waals surface area (Å²) >= 11 is 1.51. The van der Waals surface area contributed by atoms with Crippen molar-refractivity contribution in [3.63, 3.8) is 0 Å². The van der Waals surface area contributed by atoms with E-state index in [1.807, 2.05) is 68.4 Å². The highest BCUT2D eigenvalue weighted by Crippen LogP contribution is 2.24. The zero-order chi connectivity index (χ0) is 27.8. The number of hydrogen-bond donors (Lipinski definition) is 1. The fraction of sp³-hybridized carbons (Fsp3) is 0.129. The predicted molar refractivity (Wildman–Crippen MR) is 156 cm³/mol. The lowest BCUT2D eigenvalue weighted by atomic mass is 10.0. The Bertz CT molecular complexity index is 2030. The normalized spacial score (nSPS) is 11.8. The summed E-state index contributed by atoms with van der Waals surface area (Å²) in [5.74, 6) is 6.01. The number of hydrogen-bond acceptors (Lipinski definition) is 6. The molecule has 9 heteroatoms. The number of amides is 1. The van der Waals surface area contributed by atoms with E-state index in [1.165, 1.54) is 11.3 Å². The highest BCUT2D eigenvalue weighted by Gasteiger charge is 2.23. The molecule has 0 aliphatic carbocycles. The number of carbonyl (C=O) groups is 1. The van der Waals surface area contributed by atoms with Crippen molar-refractivity contribution >= 4 is 33.7 Å². The van der Waals surface area contributed by atoms with Gasteiger partial charge >= 0.3 is 0 Å². The van der Waals surface area contributed by atoms with Crippen LogP contribution in [-0.4, -0.2) is 30.1 Å². The maximum absolute atomic E-state index is 14.2. The van der Waals surface area contributed by atoms with Crippen LogP contribution in [-0.2, 0) is 0 Å². The molecule has 0 saturated heterocycles. The van der Waals surface area contributed by atoms with Gasteiger partial charge in [-0.05, 0) is 62.4 Å². The molecule has 8 nitrogen and oxygen atoms in total. The van der Waals surface area contributed by atoms with Crippen LogP contribution >= 0.6 is 11.3 Å². The van der Waals surface area contributed by atoms with Gasteiger partial charge in [0, 0.05) is 29.3 Å². The average molecular weight is 545 g/mol. The van der Waals surface area contributed by atoms with Crippen LogP contribution in [0.2, 0.25) is 0 Å². The fourth-order valence-electron chi connectivity index (χ4n) is 4.80. The number of benzene rings is 2. The lowest BCUT2D eigenvalue weighted by Gasteiger charge is -2.21. The zero-order valence-electron chi connectivity index (χ0n) is 22.0. The fourth-order valence-corrected chi connectivity index (χ4v) is 5.43. The molecule has 0 radical (unpaired) electrons. The van der Waals surface area contributed by atoms with Gasteiger partial charge in [0.1, 0.15) is 5.56 Å². The van der Waals surface area contributed by atoms with Crippen LogP contribution in [0.15, 0.2) is 84.0 Å². The first-order valence-electron chi connectivity index (χ1n) is 12.7. The maximum atomic E-state index is 14.2. The number of nitrogens with zero attached hydrogens (tertiary/aromatic N) is 5. The quantitative estimate of drug-likeness (QED) is 0.315. The smallest absolute Gasteiger partial charge is 0.264 e. The summed E-state index contributed by atoms with van der Waals surface area (Å²) < 4.78 is 3.23. The van der Waals surface area contributed by atoms with Gasteiger partial charge in [-0.25, -0.2) is 14.5 Å². The van der Waals surface area contributed by atoms with E-state index >= 15 is 0 Å². The summed E-state index contributed by atoms with van der Waals surface area (Å²) in [6, 6.07) is 18.2. The third kappa shape index (κ3) is 4.55. The zero-order valence-corrected chi connectivity index (χ0v) is 22.9. The number of aromatic nitrogens is 5. The summed E-state index contributed by atoms with van der Waals surface area (Å²) in [6.07, 6.45) is 5.12. The largest absolute Gasteiger partial charge is 0.344 e. The monoisotopic (exact) mass is 544 g/mol. The van der Waals surface area contributed by atoms with Gasteiger partial charge in [0.15, 0.2) is 5.65 Å². The number of aryl methyl sites for hydroxylation is 2. The molecule has 4 heterocycles. The van der Waals surface area contributed by atoms with Gasteiger partial charge in [-0.3, -0.25) is 14.2 Å². The molecular formula is C31H24N6O2S. The first-order valence-corrected chi connectivity index (χ1v) is 13.5. The van der Waals surface area contributed by atoms with Crippen LogP contribution in [0.5, 0.6) is 0 Å². The Morgan fingerprint density at radius 3 is 2.62 bits per heavy atom. The molecule has 0 spiro atoms. The van der Waals surface area contributed by atoms with Crippen molar-refractivity contribution in [1.82, 2.24) is 29.5 Å². The van der Waals surface area contributed by atoms with Gasteiger partial charge in [-0.15, -0.1) is 11.3 Å². The number of pyridine rings is 1. The highest BCUT2D eigenvalue weighted by molar-refractivity contribution is 7.12. The van der Waals surface area contributed by atoms with Crippen LogP contribution < -0.4 is 10.9 Å². The molecule has 0 bridgehead atoms. The Kier molecular flexibility index (Phi) is 6.46. The van der Waals surface area contributed by atoms with E-state index < -0.39 is 6.04 Å². The topological polar surface area (TPSA) is 94.2 Å². The highest BCUT2D eigenvalue weighted by atomic mass is 32.1. The van der Waals surface area contributed by atoms with Gasteiger partial charge < -0.3 is 5.32 Å². The maximum Gasteiger partial charge on any atom is 0.264 e. The lowest BCUT2D eigenvalue weighted by Crippen LogP contribution is -2.32. The molecule has 1 amide bonds. The summed E-state index contributed by atoms with van der Waals surface area (Å²) in [5.41, 5.74) is 3.21. The van der Waals surface area contributed by atoms with E-state index in [1.54, 1.807) is 40.7 Å². The van der Waals surface area contributed by atoms with Gasteiger partial charge in [0.2, 0.25) is 0 Å². The average Bonchev–Trinajstić information content (AvgIpc) is 3.53. The van der Waals surface area contributed by atoms with E-state index in [4.69, 9.17) is 0 Å². The molecule has 2 aromatic carbocycles. The minimum atomic E-state index is -0.516. The van der Waals surface area contributed by atoms with Crippen molar-refractivity contribution in [3.8, 4) is 17.5 Å². The van der Waals surface area contributed by atoms with Crippen molar-refractivity contribution in [2.24, 2.45) is 0 Å². The van der Waals surface area contributed by atoms with E-state index in [-0.39, 0.29) is 11.5 Å². The Morgan fingerprint density at radius 1 is 1.02 bits per heavy atom. The van der Waals surface area contributed by atoms with Gasteiger partial charge in [0.25, 0.3) is 11.5 Å². The molecule has 0 aliphatic heterocycles. The Labute approximate surface area is 234 Å². The van der Waals surface area contributed by atoms with Gasteiger partial charge in [0.05, 0.1) is 33.2 Å².